The number of anilines is 1. The molecule has 0 spiro atoms. The number of hydrogen-bond donors (Lipinski definition) is 1. The summed E-state index contributed by atoms with van der Waals surface area (Å²) in [6.45, 7) is 2.19. The lowest BCUT2D eigenvalue weighted by Crippen LogP contribution is -2.21. The highest BCUT2D eigenvalue weighted by Gasteiger charge is 2.31. The Morgan fingerprint density at radius 2 is 2.06 bits per heavy atom. The summed E-state index contributed by atoms with van der Waals surface area (Å²) in [5.41, 5.74) is 2.40. The Balaban J connectivity index is 2.02. The highest BCUT2D eigenvalue weighted by molar-refractivity contribution is 7.00. The van der Waals surface area contributed by atoms with Crippen molar-refractivity contribution in [2.75, 3.05) is 5.32 Å². The molecular weight excluding hydrogens is 289 g/mol. The number of aromatic nitrogens is 2. The zero-order chi connectivity index (χ0) is 12.7. The number of fused-ring (bicyclic) bond motifs is 1. The lowest BCUT2D eigenvalue weighted by Gasteiger charge is -2.19. The summed E-state index contributed by atoms with van der Waals surface area (Å²) < 4.78 is 8.52. The number of halogens is 2. The molecule has 1 aliphatic carbocycles. The predicted octanol–water partition coefficient (Wildman–Crippen LogP) is 4.60. The third-order valence-electron chi connectivity index (χ3n) is 3.40. The van der Waals surface area contributed by atoms with Crippen molar-refractivity contribution in [1.82, 2.24) is 8.75 Å². The first-order valence-corrected chi connectivity index (χ1v) is 7.56. The van der Waals surface area contributed by atoms with Gasteiger partial charge in [0.05, 0.1) is 27.5 Å². The molecule has 0 amide bonds. The molecule has 1 fully saturated rings. The summed E-state index contributed by atoms with van der Waals surface area (Å²) in [5.74, 6) is 0.767. The van der Waals surface area contributed by atoms with Gasteiger partial charge in [-0.2, -0.15) is 8.75 Å². The average molecular weight is 302 g/mol. The standard InChI is InChI=1S/C12H13Cl2N3S/c1-2-9(6-3-4-6)15-10-7(13)5-8(14)11-12(10)17-18-16-11/h5-6,9,15H,2-4H2,1H3. The topological polar surface area (TPSA) is 37.8 Å². The van der Waals surface area contributed by atoms with E-state index in [4.69, 9.17) is 23.2 Å². The Hall–Kier alpha value is -0.580. The van der Waals surface area contributed by atoms with Gasteiger partial charge in [0.15, 0.2) is 0 Å². The molecular formula is C12H13Cl2N3S. The van der Waals surface area contributed by atoms with Crippen LogP contribution in [-0.4, -0.2) is 14.8 Å². The van der Waals surface area contributed by atoms with Crippen molar-refractivity contribution < 1.29 is 0 Å². The highest BCUT2D eigenvalue weighted by Crippen LogP contribution is 2.40. The Kier molecular flexibility index (Phi) is 3.34. The van der Waals surface area contributed by atoms with E-state index in [0.29, 0.717) is 16.1 Å². The van der Waals surface area contributed by atoms with Gasteiger partial charge in [-0.25, -0.2) is 0 Å². The van der Waals surface area contributed by atoms with Crippen molar-refractivity contribution in [3.05, 3.63) is 16.1 Å². The second-order valence-electron chi connectivity index (χ2n) is 4.67. The zero-order valence-electron chi connectivity index (χ0n) is 9.91. The molecule has 18 heavy (non-hydrogen) atoms. The maximum Gasteiger partial charge on any atom is 0.130 e. The van der Waals surface area contributed by atoms with Crippen LogP contribution in [0.25, 0.3) is 11.0 Å². The normalized spacial score (nSPS) is 17.1. The molecule has 1 saturated carbocycles. The second kappa shape index (κ2) is 4.83. The van der Waals surface area contributed by atoms with E-state index in [9.17, 15) is 0 Å². The number of benzene rings is 1. The quantitative estimate of drug-likeness (QED) is 0.897. The molecule has 1 unspecified atom stereocenters. The van der Waals surface area contributed by atoms with E-state index in [0.717, 1.165) is 29.1 Å². The van der Waals surface area contributed by atoms with Crippen LogP contribution >= 0.6 is 34.9 Å². The molecule has 0 radical (unpaired) electrons. The summed E-state index contributed by atoms with van der Waals surface area (Å²) in [7, 11) is 0. The Bertz CT molecular complexity index is 580. The van der Waals surface area contributed by atoms with Gasteiger partial charge in [0.1, 0.15) is 11.0 Å². The van der Waals surface area contributed by atoms with Gasteiger partial charge in [-0.15, -0.1) is 0 Å². The van der Waals surface area contributed by atoms with Gasteiger partial charge in [-0.3, -0.25) is 0 Å². The number of nitrogens with zero attached hydrogens (tertiary/aromatic N) is 2. The van der Waals surface area contributed by atoms with Crippen molar-refractivity contribution in [3.8, 4) is 0 Å². The minimum absolute atomic E-state index is 0.466. The van der Waals surface area contributed by atoms with Crippen molar-refractivity contribution in [2.24, 2.45) is 5.92 Å². The molecule has 6 heteroatoms. The van der Waals surface area contributed by atoms with Crippen LogP contribution in [0.15, 0.2) is 6.07 Å². The number of hydrogen-bond acceptors (Lipinski definition) is 4. The van der Waals surface area contributed by atoms with E-state index in [-0.39, 0.29) is 0 Å². The Labute approximate surface area is 120 Å². The van der Waals surface area contributed by atoms with Crippen molar-refractivity contribution in [3.63, 3.8) is 0 Å². The summed E-state index contributed by atoms with van der Waals surface area (Å²) in [4.78, 5) is 0. The second-order valence-corrected chi connectivity index (χ2v) is 6.02. The van der Waals surface area contributed by atoms with Crippen molar-refractivity contribution in [1.29, 1.82) is 0 Å². The SMILES string of the molecule is CCC(Nc1c(Cl)cc(Cl)c2nsnc12)C1CC1. The van der Waals surface area contributed by atoms with E-state index in [1.165, 1.54) is 24.6 Å². The fourth-order valence-corrected chi connectivity index (χ4v) is 3.42. The molecule has 1 aliphatic rings. The third-order valence-corrected chi connectivity index (χ3v) is 4.52. The first-order valence-electron chi connectivity index (χ1n) is 6.07. The third kappa shape index (κ3) is 2.17. The molecule has 0 bridgehead atoms. The monoisotopic (exact) mass is 301 g/mol. The molecule has 1 aromatic carbocycles. The Morgan fingerprint density at radius 1 is 1.33 bits per heavy atom. The summed E-state index contributed by atoms with van der Waals surface area (Å²) in [6, 6.07) is 2.21. The molecule has 3 rings (SSSR count). The smallest absolute Gasteiger partial charge is 0.130 e. The van der Waals surface area contributed by atoms with Crippen LogP contribution in [0, 0.1) is 5.92 Å². The van der Waals surface area contributed by atoms with Gasteiger partial charge >= 0.3 is 0 Å². The van der Waals surface area contributed by atoms with Crippen LogP contribution in [0.4, 0.5) is 5.69 Å². The molecule has 1 atom stereocenters. The van der Waals surface area contributed by atoms with Crippen LogP contribution in [0.5, 0.6) is 0 Å². The van der Waals surface area contributed by atoms with Crippen molar-refractivity contribution >= 4 is 51.7 Å². The van der Waals surface area contributed by atoms with Gasteiger partial charge in [0, 0.05) is 6.04 Å². The van der Waals surface area contributed by atoms with E-state index < -0.39 is 0 Å². The number of rotatable bonds is 4. The van der Waals surface area contributed by atoms with Gasteiger partial charge in [0.25, 0.3) is 0 Å². The minimum atomic E-state index is 0.466. The predicted molar refractivity (Wildman–Crippen MR) is 77.9 cm³/mol. The van der Waals surface area contributed by atoms with Crippen LogP contribution in [0.1, 0.15) is 26.2 Å². The van der Waals surface area contributed by atoms with E-state index in [1.54, 1.807) is 6.07 Å². The van der Waals surface area contributed by atoms with E-state index in [1.807, 2.05) is 0 Å². The van der Waals surface area contributed by atoms with Gasteiger partial charge in [-0.05, 0) is 31.2 Å². The molecule has 0 aliphatic heterocycles. The van der Waals surface area contributed by atoms with Crippen LogP contribution in [-0.2, 0) is 0 Å². The molecule has 96 valence electrons. The van der Waals surface area contributed by atoms with Gasteiger partial charge < -0.3 is 5.32 Å². The van der Waals surface area contributed by atoms with Gasteiger partial charge in [0.2, 0.25) is 0 Å². The molecule has 3 nitrogen and oxygen atoms in total. The summed E-state index contributed by atoms with van der Waals surface area (Å²) in [5, 5.41) is 4.72. The van der Waals surface area contributed by atoms with Crippen LogP contribution in [0.2, 0.25) is 10.0 Å². The lowest BCUT2D eigenvalue weighted by molar-refractivity contribution is 0.617. The summed E-state index contributed by atoms with van der Waals surface area (Å²) in [6.07, 6.45) is 3.69. The molecule has 2 aromatic rings. The summed E-state index contributed by atoms with van der Waals surface area (Å²) >= 11 is 13.6. The van der Waals surface area contributed by atoms with E-state index >= 15 is 0 Å². The first kappa shape index (κ1) is 12.5. The molecule has 0 saturated heterocycles. The average Bonchev–Trinajstić information content (AvgIpc) is 3.06. The molecule has 1 heterocycles. The van der Waals surface area contributed by atoms with Crippen LogP contribution < -0.4 is 5.32 Å². The maximum atomic E-state index is 6.28. The maximum absolute atomic E-state index is 6.28. The first-order chi connectivity index (χ1) is 8.70. The van der Waals surface area contributed by atoms with Gasteiger partial charge in [-0.1, -0.05) is 30.1 Å². The minimum Gasteiger partial charge on any atom is -0.379 e. The van der Waals surface area contributed by atoms with Crippen molar-refractivity contribution in [2.45, 2.75) is 32.2 Å². The largest absolute Gasteiger partial charge is 0.379 e. The number of nitrogens with one attached hydrogen (secondary N) is 1. The van der Waals surface area contributed by atoms with E-state index in [2.05, 4.69) is 21.0 Å². The fourth-order valence-electron chi connectivity index (χ4n) is 2.25. The fraction of sp³-hybridized carbons (Fsp3) is 0.500. The lowest BCUT2D eigenvalue weighted by atomic mass is 10.1. The zero-order valence-corrected chi connectivity index (χ0v) is 12.2. The van der Waals surface area contributed by atoms with Crippen LogP contribution in [0.3, 0.4) is 0 Å². The highest BCUT2D eigenvalue weighted by atomic mass is 35.5. The molecule has 1 aromatic heterocycles. The Morgan fingerprint density at radius 3 is 2.72 bits per heavy atom. The molecule has 1 N–H and O–H groups in total.